The molecule has 4 nitrogen and oxygen atoms in total. The van der Waals surface area contributed by atoms with E-state index in [2.05, 4.69) is 5.32 Å². The van der Waals surface area contributed by atoms with E-state index in [9.17, 15) is 9.59 Å². The quantitative estimate of drug-likeness (QED) is 0.729. The normalized spacial score (nSPS) is 12.3. The molecule has 1 atom stereocenters. The molecule has 100 valence electrons. The van der Waals surface area contributed by atoms with Crippen LogP contribution in [-0.2, 0) is 9.53 Å². The van der Waals surface area contributed by atoms with Gasteiger partial charge in [-0.1, -0.05) is 20.8 Å². The fraction of sp³-hybridized carbons (Fsp3) is 0.833. The number of hydrogen-bond acceptors (Lipinski definition) is 4. The largest absolute Gasteiger partial charge is 0.449 e. The van der Waals surface area contributed by atoms with Crippen molar-refractivity contribution in [1.82, 2.24) is 5.32 Å². The summed E-state index contributed by atoms with van der Waals surface area (Å²) in [7, 11) is 0. The second-order valence-corrected chi connectivity index (χ2v) is 5.28. The molecule has 0 aliphatic rings. The highest BCUT2D eigenvalue weighted by Crippen LogP contribution is 2.04. The Morgan fingerprint density at radius 3 is 2.47 bits per heavy atom. The minimum Gasteiger partial charge on any atom is -0.449 e. The molecule has 0 heterocycles. The van der Waals surface area contributed by atoms with Crippen molar-refractivity contribution in [2.75, 3.05) is 18.6 Å². The van der Waals surface area contributed by atoms with Gasteiger partial charge in [-0.3, -0.25) is 4.79 Å². The van der Waals surface area contributed by atoms with E-state index in [1.54, 1.807) is 18.7 Å². The summed E-state index contributed by atoms with van der Waals surface area (Å²) < 4.78 is 5.00. The van der Waals surface area contributed by atoms with Crippen LogP contribution >= 0.6 is 11.8 Å². The summed E-state index contributed by atoms with van der Waals surface area (Å²) in [5, 5.41) is 2.63. The van der Waals surface area contributed by atoms with E-state index in [4.69, 9.17) is 4.74 Å². The van der Waals surface area contributed by atoms with E-state index in [1.807, 2.05) is 20.1 Å². The van der Waals surface area contributed by atoms with Crippen molar-refractivity contribution in [3.63, 3.8) is 0 Å². The minimum absolute atomic E-state index is 0.0561. The predicted octanol–water partition coefficient (Wildman–Crippen LogP) is 2.47. The number of ether oxygens (including phenoxy) is 1. The van der Waals surface area contributed by atoms with Crippen molar-refractivity contribution in [3.05, 3.63) is 0 Å². The highest BCUT2D eigenvalue weighted by molar-refractivity contribution is 7.98. The molecule has 0 aromatic rings. The molecule has 1 N–H and O–H groups in total. The Labute approximate surface area is 108 Å². The zero-order valence-electron chi connectivity index (χ0n) is 11.1. The molecular formula is C12H23NO3S. The summed E-state index contributed by atoms with van der Waals surface area (Å²) in [5.41, 5.74) is 0. The fourth-order valence-corrected chi connectivity index (χ4v) is 1.69. The number of alkyl carbamates (subject to hydrolysis) is 1. The summed E-state index contributed by atoms with van der Waals surface area (Å²) in [4.78, 5) is 23.1. The highest BCUT2D eigenvalue weighted by atomic mass is 32.2. The van der Waals surface area contributed by atoms with E-state index in [0.29, 0.717) is 25.4 Å². The van der Waals surface area contributed by atoms with E-state index in [0.717, 1.165) is 5.75 Å². The Kier molecular flexibility index (Phi) is 8.94. The second-order valence-electron chi connectivity index (χ2n) is 4.29. The van der Waals surface area contributed by atoms with Gasteiger partial charge in [-0.05, 0) is 24.3 Å². The number of ketones is 1. The van der Waals surface area contributed by atoms with Gasteiger partial charge in [0, 0.05) is 6.42 Å². The van der Waals surface area contributed by atoms with Crippen molar-refractivity contribution in [1.29, 1.82) is 0 Å². The molecule has 0 aliphatic heterocycles. The number of nitrogens with one attached hydrogen (secondary N) is 1. The Morgan fingerprint density at radius 1 is 1.35 bits per heavy atom. The number of rotatable bonds is 8. The summed E-state index contributed by atoms with van der Waals surface area (Å²) >= 11 is 1.66. The maximum atomic E-state index is 11.6. The van der Waals surface area contributed by atoms with Crippen molar-refractivity contribution < 1.29 is 14.3 Å². The van der Waals surface area contributed by atoms with E-state index < -0.39 is 12.1 Å². The zero-order valence-corrected chi connectivity index (χ0v) is 11.9. The van der Waals surface area contributed by atoms with Gasteiger partial charge < -0.3 is 10.1 Å². The molecule has 0 aliphatic carbocycles. The van der Waals surface area contributed by atoms with Crippen molar-refractivity contribution in [2.45, 2.75) is 39.7 Å². The Bertz CT molecular complexity index is 244. The first-order valence-corrected chi connectivity index (χ1v) is 7.35. The summed E-state index contributed by atoms with van der Waals surface area (Å²) in [6, 6.07) is -0.410. The maximum Gasteiger partial charge on any atom is 0.407 e. The van der Waals surface area contributed by atoms with Gasteiger partial charge in [0.05, 0.1) is 12.6 Å². The number of hydrogen-bond donors (Lipinski definition) is 1. The molecule has 0 aromatic heterocycles. The van der Waals surface area contributed by atoms with Crippen LogP contribution in [0.15, 0.2) is 0 Å². The zero-order chi connectivity index (χ0) is 13.3. The molecule has 0 aromatic carbocycles. The highest BCUT2D eigenvalue weighted by Gasteiger charge is 2.19. The third-order valence-electron chi connectivity index (χ3n) is 2.19. The van der Waals surface area contributed by atoms with Crippen molar-refractivity contribution in [2.24, 2.45) is 5.92 Å². The lowest BCUT2D eigenvalue weighted by atomic mass is 10.1. The van der Waals surface area contributed by atoms with Gasteiger partial charge in [0.1, 0.15) is 0 Å². The van der Waals surface area contributed by atoms with Gasteiger partial charge in [0.25, 0.3) is 0 Å². The monoisotopic (exact) mass is 261 g/mol. The number of amides is 1. The van der Waals surface area contributed by atoms with Crippen LogP contribution in [0.2, 0.25) is 0 Å². The summed E-state index contributed by atoms with van der Waals surface area (Å²) in [6.07, 6.45) is 2.57. The van der Waals surface area contributed by atoms with E-state index in [1.165, 1.54) is 0 Å². The SMILES string of the molecule is CCC(=O)C(CCSC)NC(=O)OCC(C)C. The number of carbonyl (C=O) groups is 2. The van der Waals surface area contributed by atoms with Crippen LogP contribution in [-0.4, -0.2) is 36.5 Å². The molecule has 1 unspecified atom stereocenters. The predicted molar refractivity (Wildman–Crippen MR) is 71.4 cm³/mol. The average Bonchev–Trinajstić information content (AvgIpc) is 2.30. The molecule has 0 rings (SSSR count). The van der Waals surface area contributed by atoms with Crippen LogP contribution in [0, 0.1) is 5.92 Å². The molecule has 0 bridgehead atoms. The molecule has 0 radical (unpaired) electrons. The van der Waals surface area contributed by atoms with E-state index in [-0.39, 0.29) is 5.78 Å². The third kappa shape index (κ3) is 8.07. The first-order valence-electron chi connectivity index (χ1n) is 5.96. The van der Waals surface area contributed by atoms with Gasteiger partial charge in [-0.2, -0.15) is 11.8 Å². The first kappa shape index (κ1) is 16.3. The molecule has 0 fully saturated rings. The van der Waals surface area contributed by atoms with Crippen LogP contribution in [0.1, 0.15) is 33.6 Å². The fourth-order valence-electron chi connectivity index (χ4n) is 1.22. The average molecular weight is 261 g/mol. The topological polar surface area (TPSA) is 55.4 Å². The Balaban J connectivity index is 4.12. The van der Waals surface area contributed by atoms with Gasteiger partial charge >= 0.3 is 6.09 Å². The van der Waals surface area contributed by atoms with Gasteiger partial charge in [-0.15, -0.1) is 0 Å². The molecule has 0 spiro atoms. The van der Waals surface area contributed by atoms with Crippen LogP contribution in [0.4, 0.5) is 4.79 Å². The van der Waals surface area contributed by atoms with Crippen LogP contribution < -0.4 is 5.32 Å². The molecule has 0 saturated heterocycles. The van der Waals surface area contributed by atoms with Crippen molar-refractivity contribution in [3.8, 4) is 0 Å². The molecule has 5 heteroatoms. The molecular weight excluding hydrogens is 238 g/mol. The lowest BCUT2D eigenvalue weighted by molar-refractivity contribution is -0.120. The standard InChI is InChI=1S/C12H23NO3S/c1-5-11(14)10(6-7-17-4)13-12(15)16-8-9(2)3/h9-10H,5-8H2,1-4H3,(H,13,15). The number of Topliss-reactive ketones (excluding diaryl/α,β-unsaturated/α-hetero) is 1. The van der Waals surface area contributed by atoms with Crippen molar-refractivity contribution >= 4 is 23.6 Å². The van der Waals surface area contributed by atoms with Crippen LogP contribution in [0.5, 0.6) is 0 Å². The van der Waals surface area contributed by atoms with Crippen LogP contribution in [0.3, 0.4) is 0 Å². The number of carbonyl (C=O) groups excluding carboxylic acids is 2. The Hall–Kier alpha value is -0.710. The minimum atomic E-state index is -0.494. The lowest BCUT2D eigenvalue weighted by Crippen LogP contribution is -2.41. The van der Waals surface area contributed by atoms with Gasteiger partial charge in [-0.25, -0.2) is 4.79 Å². The Morgan fingerprint density at radius 2 is 2.00 bits per heavy atom. The second kappa shape index (κ2) is 9.33. The number of thioether (sulfide) groups is 1. The smallest absolute Gasteiger partial charge is 0.407 e. The summed E-state index contributed by atoms with van der Waals surface area (Å²) in [5.74, 6) is 1.20. The van der Waals surface area contributed by atoms with E-state index >= 15 is 0 Å². The molecule has 17 heavy (non-hydrogen) atoms. The third-order valence-corrected chi connectivity index (χ3v) is 2.83. The first-order chi connectivity index (χ1) is 8.01. The van der Waals surface area contributed by atoms with Gasteiger partial charge in [0.15, 0.2) is 5.78 Å². The summed E-state index contributed by atoms with van der Waals surface area (Å²) in [6.45, 7) is 6.11. The maximum absolute atomic E-state index is 11.6. The molecule has 0 saturated carbocycles. The lowest BCUT2D eigenvalue weighted by Gasteiger charge is -2.17. The van der Waals surface area contributed by atoms with Crippen LogP contribution in [0.25, 0.3) is 0 Å². The van der Waals surface area contributed by atoms with Gasteiger partial charge in [0.2, 0.25) is 0 Å². The molecule has 1 amide bonds.